The number of carbonyl (C=O) groups is 3. The van der Waals surface area contributed by atoms with Crippen LogP contribution in [0.1, 0.15) is 12.5 Å². The molecule has 2 aromatic rings. The highest BCUT2D eigenvalue weighted by Crippen LogP contribution is 2.20. The fraction of sp³-hybridized carbons (Fsp3) is 0.421. The zero-order valence-corrected chi connectivity index (χ0v) is 15.2. The molecule has 1 aliphatic heterocycles. The van der Waals surface area contributed by atoms with E-state index in [1.807, 2.05) is 30.5 Å². The largest absolute Gasteiger partial charge is 0.459 e. The van der Waals surface area contributed by atoms with Crippen molar-refractivity contribution >= 4 is 28.7 Å². The van der Waals surface area contributed by atoms with Gasteiger partial charge in [-0.3, -0.25) is 9.59 Å². The van der Waals surface area contributed by atoms with Gasteiger partial charge in [0.25, 0.3) is 0 Å². The Morgan fingerprint density at radius 3 is 2.74 bits per heavy atom. The second-order valence-electron chi connectivity index (χ2n) is 6.25. The summed E-state index contributed by atoms with van der Waals surface area (Å²) in [5.74, 6) is -2.14. The smallest absolute Gasteiger partial charge is 0.396 e. The number of aromatic nitrogens is 1. The Hall–Kier alpha value is -2.87. The molecule has 0 saturated carbocycles. The molecule has 0 unspecified atom stereocenters. The van der Waals surface area contributed by atoms with Crippen molar-refractivity contribution in [1.82, 2.24) is 15.2 Å². The van der Waals surface area contributed by atoms with Crippen LogP contribution < -0.4 is 5.32 Å². The van der Waals surface area contributed by atoms with Crippen LogP contribution in [0, 0.1) is 0 Å². The quantitative estimate of drug-likeness (QED) is 0.591. The van der Waals surface area contributed by atoms with Gasteiger partial charge in [0.15, 0.2) is 0 Å². The summed E-state index contributed by atoms with van der Waals surface area (Å²) in [7, 11) is 0. The van der Waals surface area contributed by atoms with E-state index in [2.05, 4.69) is 10.3 Å². The van der Waals surface area contributed by atoms with E-state index in [1.165, 1.54) is 0 Å². The van der Waals surface area contributed by atoms with Gasteiger partial charge in [0.2, 0.25) is 5.91 Å². The minimum atomic E-state index is -0.990. The van der Waals surface area contributed by atoms with Crippen molar-refractivity contribution in [2.45, 2.75) is 19.4 Å². The SMILES string of the molecule is CCOC(=O)C(=O)N[C@@H](Cc1c[nH]c2ccccc12)C(=O)N1CCOCC1. The standard InChI is InChI=1S/C19H23N3O5/c1-2-27-19(25)17(23)21-16(18(24)22-7-9-26-10-8-22)11-13-12-20-15-6-4-3-5-14(13)15/h3-6,12,16,20H,2,7-11H2,1H3,(H,21,23)/t16-/m0/s1. The van der Waals surface area contributed by atoms with Gasteiger partial charge in [-0.05, 0) is 18.6 Å². The number of carbonyl (C=O) groups excluding carboxylic acids is 3. The van der Waals surface area contributed by atoms with Gasteiger partial charge in [0.1, 0.15) is 6.04 Å². The minimum absolute atomic E-state index is 0.0940. The summed E-state index contributed by atoms with van der Waals surface area (Å²) in [5.41, 5.74) is 1.84. The van der Waals surface area contributed by atoms with Gasteiger partial charge in [-0.25, -0.2) is 4.79 Å². The van der Waals surface area contributed by atoms with E-state index in [0.29, 0.717) is 26.3 Å². The van der Waals surface area contributed by atoms with E-state index < -0.39 is 17.9 Å². The number of H-pyrrole nitrogens is 1. The summed E-state index contributed by atoms with van der Waals surface area (Å²) in [6.07, 6.45) is 2.09. The van der Waals surface area contributed by atoms with Crippen molar-refractivity contribution in [3.63, 3.8) is 0 Å². The molecule has 144 valence electrons. The third-order valence-electron chi connectivity index (χ3n) is 4.49. The average Bonchev–Trinajstić information content (AvgIpc) is 3.10. The number of nitrogens with one attached hydrogen (secondary N) is 2. The van der Waals surface area contributed by atoms with Gasteiger partial charge in [-0.2, -0.15) is 0 Å². The molecule has 8 nitrogen and oxygen atoms in total. The molecule has 3 rings (SSSR count). The van der Waals surface area contributed by atoms with E-state index in [1.54, 1.807) is 11.8 Å². The van der Waals surface area contributed by atoms with Crippen LogP contribution in [0.4, 0.5) is 0 Å². The van der Waals surface area contributed by atoms with Crippen LogP contribution in [0.2, 0.25) is 0 Å². The first kappa shape index (κ1) is 18.9. The monoisotopic (exact) mass is 373 g/mol. The molecule has 1 fully saturated rings. The molecule has 27 heavy (non-hydrogen) atoms. The van der Waals surface area contributed by atoms with Crippen LogP contribution in [-0.4, -0.2) is 66.6 Å². The molecule has 2 N–H and O–H groups in total. The first-order valence-electron chi connectivity index (χ1n) is 8.99. The second kappa shape index (κ2) is 8.68. The van der Waals surface area contributed by atoms with E-state index in [4.69, 9.17) is 9.47 Å². The fourth-order valence-corrected chi connectivity index (χ4v) is 3.14. The number of benzene rings is 1. The number of fused-ring (bicyclic) bond motifs is 1. The summed E-state index contributed by atoms with van der Waals surface area (Å²) in [5, 5.41) is 3.52. The van der Waals surface area contributed by atoms with E-state index in [-0.39, 0.29) is 18.9 Å². The second-order valence-corrected chi connectivity index (χ2v) is 6.25. The summed E-state index contributed by atoms with van der Waals surface area (Å²) in [6, 6.07) is 6.86. The molecule has 1 aromatic carbocycles. The van der Waals surface area contributed by atoms with E-state index in [0.717, 1.165) is 16.5 Å². The molecular weight excluding hydrogens is 350 g/mol. The van der Waals surface area contributed by atoms with E-state index >= 15 is 0 Å². The molecule has 8 heteroatoms. The van der Waals surface area contributed by atoms with Gasteiger partial charge in [0.05, 0.1) is 19.8 Å². The van der Waals surface area contributed by atoms with Crippen LogP contribution in [0.25, 0.3) is 10.9 Å². The maximum absolute atomic E-state index is 13.0. The lowest BCUT2D eigenvalue weighted by molar-refractivity contribution is -0.155. The van der Waals surface area contributed by atoms with Crippen molar-refractivity contribution in [2.24, 2.45) is 0 Å². The number of ether oxygens (including phenoxy) is 2. The van der Waals surface area contributed by atoms with Crippen molar-refractivity contribution < 1.29 is 23.9 Å². The summed E-state index contributed by atoms with van der Waals surface area (Å²) in [6.45, 7) is 3.54. The molecule has 0 aliphatic carbocycles. The molecule has 1 atom stereocenters. The van der Waals surface area contributed by atoms with Crippen LogP contribution in [-0.2, 0) is 30.3 Å². The maximum atomic E-state index is 13.0. The normalized spacial score (nSPS) is 15.4. The molecule has 0 bridgehead atoms. The molecule has 0 spiro atoms. The Bertz CT molecular complexity index is 826. The molecule has 2 heterocycles. The summed E-state index contributed by atoms with van der Waals surface area (Å²) >= 11 is 0. The molecule has 1 aliphatic rings. The van der Waals surface area contributed by atoms with Crippen molar-refractivity contribution in [3.05, 3.63) is 36.0 Å². The number of aromatic amines is 1. The average molecular weight is 373 g/mol. The lowest BCUT2D eigenvalue weighted by Gasteiger charge is -2.30. The third kappa shape index (κ3) is 4.46. The predicted octanol–water partition coefficient (Wildman–Crippen LogP) is 0.617. The Labute approximate surface area is 156 Å². The third-order valence-corrected chi connectivity index (χ3v) is 4.49. The molecule has 1 saturated heterocycles. The number of nitrogens with zero attached hydrogens (tertiary/aromatic N) is 1. The number of rotatable bonds is 5. The minimum Gasteiger partial charge on any atom is -0.459 e. The maximum Gasteiger partial charge on any atom is 0.396 e. The van der Waals surface area contributed by atoms with Crippen molar-refractivity contribution in [2.75, 3.05) is 32.9 Å². The Kier molecular flexibility index (Phi) is 6.08. The zero-order chi connectivity index (χ0) is 19.2. The van der Waals surface area contributed by atoms with Gasteiger partial charge in [0, 0.05) is 36.6 Å². The van der Waals surface area contributed by atoms with Crippen molar-refractivity contribution in [1.29, 1.82) is 0 Å². The number of amides is 2. The highest BCUT2D eigenvalue weighted by molar-refractivity contribution is 6.32. The first-order valence-corrected chi connectivity index (χ1v) is 8.99. The Balaban J connectivity index is 1.81. The molecule has 2 amide bonds. The van der Waals surface area contributed by atoms with Crippen LogP contribution in [0.15, 0.2) is 30.5 Å². The number of hydrogen-bond acceptors (Lipinski definition) is 5. The van der Waals surface area contributed by atoms with Gasteiger partial charge >= 0.3 is 11.9 Å². The lowest BCUT2D eigenvalue weighted by Crippen LogP contribution is -2.53. The highest BCUT2D eigenvalue weighted by Gasteiger charge is 2.30. The van der Waals surface area contributed by atoms with E-state index in [9.17, 15) is 14.4 Å². The lowest BCUT2D eigenvalue weighted by atomic mass is 10.0. The molecule has 1 aromatic heterocycles. The zero-order valence-electron chi connectivity index (χ0n) is 15.2. The topological polar surface area (TPSA) is 101 Å². The van der Waals surface area contributed by atoms with Gasteiger partial charge < -0.3 is 24.7 Å². The fourth-order valence-electron chi connectivity index (χ4n) is 3.14. The predicted molar refractivity (Wildman–Crippen MR) is 98.0 cm³/mol. The highest BCUT2D eigenvalue weighted by atomic mass is 16.5. The number of hydrogen-bond donors (Lipinski definition) is 2. The Morgan fingerprint density at radius 1 is 1.26 bits per heavy atom. The van der Waals surface area contributed by atoms with Crippen LogP contribution in [0.3, 0.4) is 0 Å². The summed E-state index contributed by atoms with van der Waals surface area (Å²) in [4.78, 5) is 41.6. The Morgan fingerprint density at radius 2 is 2.00 bits per heavy atom. The molecular formula is C19H23N3O5. The number of para-hydroxylation sites is 1. The summed E-state index contributed by atoms with van der Waals surface area (Å²) < 4.78 is 10.0. The van der Waals surface area contributed by atoms with Crippen molar-refractivity contribution in [3.8, 4) is 0 Å². The number of esters is 1. The first-order chi connectivity index (χ1) is 13.1. The number of morpholine rings is 1. The van der Waals surface area contributed by atoms with Gasteiger partial charge in [-0.1, -0.05) is 18.2 Å². The van der Waals surface area contributed by atoms with Gasteiger partial charge in [-0.15, -0.1) is 0 Å². The molecule has 0 radical (unpaired) electrons. The van der Waals surface area contributed by atoms with Crippen LogP contribution in [0.5, 0.6) is 0 Å². The van der Waals surface area contributed by atoms with Crippen LogP contribution >= 0.6 is 0 Å².